The van der Waals surface area contributed by atoms with E-state index in [1.807, 2.05) is 0 Å². The number of carbonyl (C=O) groups excluding carboxylic acids is 1. The van der Waals surface area contributed by atoms with Crippen molar-refractivity contribution in [3.8, 4) is 5.69 Å². The van der Waals surface area contributed by atoms with Crippen LogP contribution in [0.5, 0.6) is 0 Å². The molecule has 0 radical (unpaired) electrons. The highest BCUT2D eigenvalue weighted by Crippen LogP contribution is 2.34. The fourth-order valence-electron chi connectivity index (χ4n) is 2.63. The molecule has 1 aliphatic carbocycles. The molecule has 0 unspecified atom stereocenters. The fraction of sp³-hybridized carbons (Fsp3) is 0.294. The fourth-order valence-corrected chi connectivity index (χ4v) is 3.72. The van der Waals surface area contributed by atoms with E-state index in [0.717, 1.165) is 30.4 Å². The van der Waals surface area contributed by atoms with Crippen LogP contribution in [0.3, 0.4) is 0 Å². The number of halogens is 3. The summed E-state index contributed by atoms with van der Waals surface area (Å²) in [6.45, 7) is 1.78. The standard InChI is InChI=1S/C17H14F3N3OS/c1-9-13-8-14(15(24)21-11-5-6-11)25-16(13)23(22-9)12-4-2-3-10(7-12)17(18,19)20/h2-4,7-8,11H,5-6H2,1H3,(H,21,24). The molecule has 1 amide bonds. The van der Waals surface area contributed by atoms with Crippen LogP contribution in [0, 0.1) is 6.92 Å². The molecule has 4 nitrogen and oxygen atoms in total. The molecule has 8 heteroatoms. The third-order valence-corrected chi connectivity index (χ3v) is 5.21. The molecule has 0 atom stereocenters. The molecule has 2 heterocycles. The monoisotopic (exact) mass is 365 g/mol. The lowest BCUT2D eigenvalue weighted by atomic mass is 10.2. The Hall–Kier alpha value is -2.35. The molecular formula is C17H14F3N3OS. The first-order chi connectivity index (χ1) is 11.8. The van der Waals surface area contributed by atoms with Gasteiger partial charge in [-0.1, -0.05) is 6.07 Å². The van der Waals surface area contributed by atoms with Gasteiger partial charge in [-0.25, -0.2) is 4.68 Å². The van der Waals surface area contributed by atoms with E-state index < -0.39 is 11.7 Å². The van der Waals surface area contributed by atoms with Crippen molar-refractivity contribution in [3.63, 3.8) is 0 Å². The van der Waals surface area contributed by atoms with E-state index in [-0.39, 0.29) is 11.9 Å². The van der Waals surface area contributed by atoms with Gasteiger partial charge in [0.2, 0.25) is 0 Å². The topological polar surface area (TPSA) is 46.9 Å². The van der Waals surface area contributed by atoms with Crippen molar-refractivity contribution in [1.82, 2.24) is 15.1 Å². The molecular weight excluding hydrogens is 351 g/mol. The molecule has 0 bridgehead atoms. The normalized spacial score (nSPS) is 14.9. The Morgan fingerprint density at radius 3 is 2.76 bits per heavy atom. The van der Waals surface area contributed by atoms with Crippen molar-refractivity contribution >= 4 is 27.5 Å². The number of benzene rings is 1. The van der Waals surface area contributed by atoms with Gasteiger partial charge < -0.3 is 5.32 Å². The predicted octanol–water partition coefficient (Wildman–Crippen LogP) is 4.31. The maximum Gasteiger partial charge on any atom is 0.416 e. The molecule has 0 aliphatic heterocycles. The van der Waals surface area contributed by atoms with Crippen molar-refractivity contribution in [3.05, 3.63) is 46.5 Å². The summed E-state index contributed by atoms with van der Waals surface area (Å²) in [6, 6.07) is 7.03. The first-order valence-corrected chi connectivity index (χ1v) is 8.62. The molecule has 1 aliphatic rings. The number of amides is 1. The zero-order chi connectivity index (χ0) is 17.8. The van der Waals surface area contributed by atoms with Crippen LogP contribution >= 0.6 is 11.3 Å². The summed E-state index contributed by atoms with van der Waals surface area (Å²) in [4.78, 5) is 13.4. The van der Waals surface area contributed by atoms with E-state index in [2.05, 4.69) is 10.4 Å². The number of aryl methyl sites for hydroxylation is 1. The van der Waals surface area contributed by atoms with Gasteiger partial charge in [-0.15, -0.1) is 11.3 Å². The number of alkyl halides is 3. The van der Waals surface area contributed by atoms with Crippen LogP contribution in [-0.2, 0) is 6.18 Å². The van der Waals surface area contributed by atoms with Gasteiger partial charge in [0.25, 0.3) is 5.91 Å². The molecule has 4 rings (SSSR count). The van der Waals surface area contributed by atoms with E-state index in [4.69, 9.17) is 0 Å². The highest BCUT2D eigenvalue weighted by atomic mass is 32.1. The Morgan fingerprint density at radius 1 is 1.32 bits per heavy atom. The Kier molecular flexibility index (Phi) is 3.61. The highest BCUT2D eigenvalue weighted by molar-refractivity contribution is 7.20. The second kappa shape index (κ2) is 5.59. The summed E-state index contributed by atoms with van der Waals surface area (Å²) in [5.41, 5.74) is 0.271. The second-order valence-corrected chi connectivity index (χ2v) is 7.15. The first-order valence-electron chi connectivity index (χ1n) is 7.80. The lowest BCUT2D eigenvalue weighted by Gasteiger charge is -2.09. The summed E-state index contributed by atoms with van der Waals surface area (Å²) in [5, 5.41) is 8.05. The minimum absolute atomic E-state index is 0.140. The predicted molar refractivity (Wildman–Crippen MR) is 89.2 cm³/mol. The van der Waals surface area contributed by atoms with Crippen LogP contribution < -0.4 is 5.32 Å². The summed E-state index contributed by atoms with van der Waals surface area (Å²) >= 11 is 1.24. The van der Waals surface area contributed by atoms with Crippen LogP contribution in [0.15, 0.2) is 30.3 Å². The van der Waals surface area contributed by atoms with Gasteiger partial charge in [-0.2, -0.15) is 18.3 Å². The van der Waals surface area contributed by atoms with Crippen LogP contribution in [0.2, 0.25) is 0 Å². The van der Waals surface area contributed by atoms with Crippen molar-refractivity contribution in [2.45, 2.75) is 32.0 Å². The van der Waals surface area contributed by atoms with Crippen molar-refractivity contribution in [1.29, 1.82) is 0 Å². The van der Waals surface area contributed by atoms with Crippen molar-refractivity contribution < 1.29 is 18.0 Å². The molecule has 25 heavy (non-hydrogen) atoms. The maximum atomic E-state index is 13.0. The number of hydrogen-bond donors (Lipinski definition) is 1. The third-order valence-electron chi connectivity index (χ3n) is 4.10. The Balaban J connectivity index is 1.77. The zero-order valence-electron chi connectivity index (χ0n) is 13.2. The SMILES string of the molecule is Cc1nn(-c2cccc(C(F)(F)F)c2)c2sc(C(=O)NC3CC3)cc12. The molecule has 1 aromatic carbocycles. The van der Waals surface area contributed by atoms with Gasteiger partial charge in [-0.05, 0) is 44.0 Å². The molecule has 3 aromatic rings. The number of nitrogens with one attached hydrogen (secondary N) is 1. The summed E-state index contributed by atoms with van der Waals surface area (Å²) in [7, 11) is 0. The summed E-state index contributed by atoms with van der Waals surface area (Å²) in [5.74, 6) is -0.140. The Bertz CT molecular complexity index is 969. The quantitative estimate of drug-likeness (QED) is 0.752. The average Bonchev–Trinajstić information content (AvgIpc) is 3.16. The van der Waals surface area contributed by atoms with Crippen molar-refractivity contribution in [2.75, 3.05) is 0 Å². The molecule has 1 fully saturated rings. The van der Waals surface area contributed by atoms with Gasteiger partial charge >= 0.3 is 6.18 Å². The van der Waals surface area contributed by atoms with E-state index in [9.17, 15) is 18.0 Å². The van der Waals surface area contributed by atoms with Gasteiger partial charge in [0.15, 0.2) is 0 Å². The zero-order valence-corrected chi connectivity index (χ0v) is 14.0. The second-order valence-electron chi connectivity index (χ2n) is 6.12. The van der Waals surface area contributed by atoms with E-state index in [1.165, 1.54) is 22.1 Å². The Labute approximate surface area is 145 Å². The number of rotatable bonds is 3. The molecule has 130 valence electrons. The average molecular weight is 365 g/mol. The van der Waals surface area contributed by atoms with Crippen LogP contribution in [-0.4, -0.2) is 21.7 Å². The van der Waals surface area contributed by atoms with E-state index in [0.29, 0.717) is 21.1 Å². The number of hydrogen-bond acceptors (Lipinski definition) is 3. The Morgan fingerprint density at radius 2 is 2.08 bits per heavy atom. The van der Waals surface area contributed by atoms with Gasteiger partial charge in [-0.3, -0.25) is 4.79 Å². The van der Waals surface area contributed by atoms with Crippen molar-refractivity contribution in [2.24, 2.45) is 0 Å². The highest BCUT2D eigenvalue weighted by Gasteiger charge is 2.31. The van der Waals surface area contributed by atoms with Gasteiger partial charge in [0.05, 0.1) is 21.8 Å². The smallest absolute Gasteiger partial charge is 0.349 e. The number of fused-ring (bicyclic) bond motifs is 1. The molecule has 1 N–H and O–H groups in total. The summed E-state index contributed by atoms with van der Waals surface area (Å²) in [6.07, 6.45) is -2.43. The lowest BCUT2D eigenvalue weighted by Crippen LogP contribution is -2.24. The van der Waals surface area contributed by atoms with E-state index in [1.54, 1.807) is 19.1 Å². The minimum Gasteiger partial charge on any atom is -0.349 e. The molecule has 2 aromatic heterocycles. The summed E-state index contributed by atoms with van der Waals surface area (Å²) < 4.78 is 40.4. The molecule has 0 saturated heterocycles. The molecule has 0 spiro atoms. The van der Waals surface area contributed by atoms with Crippen LogP contribution in [0.25, 0.3) is 15.9 Å². The van der Waals surface area contributed by atoms with Gasteiger partial charge in [0, 0.05) is 11.4 Å². The van der Waals surface area contributed by atoms with Gasteiger partial charge in [0.1, 0.15) is 4.83 Å². The number of nitrogens with zero attached hydrogens (tertiary/aromatic N) is 2. The largest absolute Gasteiger partial charge is 0.416 e. The number of aromatic nitrogens is 2. The lowest BCUT2D eigenvalue weighted by molar-refractivity contribution is -0.137. The third kappa shape index (κ3) is 3.02. The number of thiophene rings is 1. The molecule has 1 saturated carbocycles. The maximum absolute atomic E-state index is 13.0. The first kappa shape index (κ1) is 16.1. The van der Waals surface area contributed by atoms with Crippen LogP contribution in [0.4, 0.5) is 13.2 Å². The minimum atomic E-state index is -4.41. The number of carbonyl (C=O) groups is 1. The van der Waals surface area contributed by atoms with E-state index >= 15 is 0 Å². The van der Waals surface area contributed by atoms with Crippen LogP contribution in [0.1, 0.15) is 33.8 Å².